The Morgan fingerprint density at radius 2 is 1.32 bits per heavy atom. The lowest BCUT2D eigenvalue weighted by Crippen LogP contribution is -2.14. The molecule has 0 fully saturated rings. The number of aryl methyl sites for hydroxylation is 2. The number of allylic oxidation sites excluding steroid dienone is 3. The fourth-order valence-electron chi connectivity index (χ4n) is 5.24. The molecule has 0 radical (unpaired) electrons. The van der Waals surface area contributed by atoms with E-state index in [1.807, 2.05) is 6.08 Å². The molecular weight excluding hydrogens is 444 g/mol. The van der Waals surface area contributed by atoms with E-state index in [0.717, 1.165) is 11.1 Å². The SMILES string of the molecule is C=CC(=C)c1cccc(-c2ccc3c(c2)C(C)(C)c2ccccc2-3)c1.CC(C)=Cc1c(C)cccc1C. The molecule has 0 atom stereocenters. The molecule has 0 amide bonds. The van der Waals surface area contributed by atoms with Gasteiger partial charge in [0, 0.05) is 5.41 Å². The van der Waals surface area contributed by atoms with Gasteiger partial charge in [0.1, 0.15) is 0 Å². The molecule has 0 saturated carbocycles. The van der Waals surface area contributed by atoms with E-state index < -0.39 is 0 Å². The topological polar surface area (TPSA) is 0 Å². The summed E-state index contributed by atoms with van der Waals surface area (Å²) >= 11 is 0. The van der Waals surface area contributed by atoms with Crippen LogP contribution in [0.1, 0.15) is 61.1 Å². The lowest BCUT2D eigenvalue weighted by atomic mass is 9.81. The van der Waals surface area contributed by atoms with Gasteiger partial charge in [-0.05, 0) is 101 Å². The Morgan fingerprint density at radius 1 is 0.703 bits per heavy atom. The van der Waals surface area contributed by atoms with E-state index in [2.05, 4.69) is 146 Å². The van der Waals surface area contributed by atoms with Crippen LogP contribution < -0.4 is 0 Å². The summed E-state index contributed by atoms with van der Waals surface area (Å²) in [7, 11) is 0. The number of hydrogen-bond donors (Lipinski definition) is 0. The fourth-order valence-corrected chi connectivity index (χ4v) is 5.24. The predicted octanol–water partition coefficient (Wildman–Crippen LogP) is 10.6. The first-order valence-corrected chi connectivity index (χ1v) is 13.0. The molecule has 1 aliphatic rings. The van der Waals surface area contributed by atoms with Gasteiger partial charge >= 0.3 is 0 Å². The summed E-state index contributed by atoms with van der Waals surface area (Å²) < 4.78 is 0. The highest BCUT2D eigenvalue weighted by Gasteiger charge is 2.35. The minimum absolute atomic E-state index is 0.0320. The van der Waals surface area contributed by atoms with E-state index in [-0.39, 0.29) is 5.41 Å². The van der Waals surface area contributed by atoms with Crippen LogP contribution in [0.25, 0.3) is 33.9 Å². The average Bonchev–Trinajstić information content (AvgIpc) is 3.12. The van der Waals surface area contributed by atoms with Gasteiger partial charge in [-0.1, -0.05) is 118 Å². The monoisotopic (exact) mass is 482 g/mol. The number of fused-ring (bicyclic) bond motifs is 3. The smallest absolute Gasteiger partial charge is 0.0159 e. The summed E-state index contributed by atoms with van der Waals surface area (Å²) in [6.07, 6.45) is 4.05. The van der Waals surface area contributed by atoms with Crippen molar-refractivity contribution in [3.8, 4) is 22.3 Å². The molecule has 5 rings (SSSR count). The highest BCUT2D eigenvalue weighted by Crippen LogP contribution is 2.49. The molecule has 0 unspecified atom stereocenters. The van der Waals surface area contributed by atoms with E-state index in [1.165, 1.54) is 55.6 Å². The minimum Gasteiger partial charge on any atom is -0.0985 e. The van der Waals surface area contributed by atoms with Gasteiger partial charge in [-0.2, -0.15) is 0 Å². The zero-order valence-electron chi connectivity index (χ0n) is 23.2. The Balaban J connectivity index is 0.000000225. The van der Waals surface area contributed by atoms with Crippen LogP contribution in [-0.4, -0.2) is 0 Å². The Bertz CT molecular complexity index is 1480. The maximum atomic E-state index is 4.07. The molecule has 0 heterocycles. The zero-order chi connectivity index (χ0) is 26.7. The molecule has 186 valence electrons. The Kier molecular flexibility index (Phi) is 7.50. The maximum absolute atomic E-state index is 4.07. The first-order chi connectivity index (χ1) is 17.6. The van der Waals surface area contributed by atoms with Crippen molar-refractivity contribution in [3.05, 3.63) is 143 Å². The van der Waals surface area contributed by atoms with Gasteiger partial charge in [0.15, 0.2) is 0 Å². The standard InChI is InChI=1S/C25H22.C12H16/c1-5-17(2)18-9-8-10-19(15-18)20-13-14-22-21-11-6-7-12-23(21)25(3,4)24(22)16-20;1-9(2)8-12-10(3)6-5-7-11(12)4/h5-16H,1-2H2,3-4H3;5-8H,1-4H3. The second kappa shape index (κ2) is 10.6. The molecule has 0 saturated heterocycles. The van der Waals surface area contributed by atoms with Crippen molar-refractivity contribution in [1.82, 2.24) is 0 Å². The van der Waals surface area contributed by atoms with Crippen LogP contribution in [-0.2, 0) is 5.41 Å². The van der Waals surface area contributed by atoms with E-state index in [4.69, 9.17) is 0 Å². The molecular formula is C37H38. The molecule has 0 aromatic heterocycles. The molecule has 0 heteroatoms. The van der Waals surface area contributed by atoms with Crippen molar-refractivity contribution in [2.75, 3.05) is 0 Å². The third-order valence-electron chi connectivity index (χ3n) is 7.37. The molecule has 1 aliphatic carbocycles. The van der Waals surface area contributed by atoms with Crippen LogP contribution in [0.15, 0.2) is 110 Å². The van der Waals surface area contributed by atoms with Crippen molar-refractivity contribution in [3.63, 3.8) is 0 Å². The minimum atomic E-state index is 0.0320. The van der Waals surface area contributed by atoms with Crippen molar-refractivity contribution in [1.29, 1.82) is 0 Å². The van der Waals surface area contributed by atoms with Gasteiger partial charge in [-0.25, -0.2) is 0 Å². The first kappa shape index (κ1) is 26.2. The fraction of sp³-hybridized carbons (Fsp3) is 0.189. The summed E-state index contributed by atoms with van der Waals surface area (Å²) in [5.74, 6) is 0. The van der Waals surface area contributed by atoms with E-state index in [0.29, 0.717) is 0 Å². The predicted molar refractivity (Wildman–Crippen MR) is 164 cm³/mol. The molecule has 37 heavy (non-hydrogen) atoms. The van der Waals surface area contributed by atoms with Crippen LogP contribution in [0.5, 0.6) is 0 Å². The van der Waals surface area contributed by atoms with Crippen LogP contribution in [0.2, 0.25) is 0 Å². The number of rotatable bonds is 4. The second-order valence-corrected chi connectivity index (χ2v) is 10.8. The summed E-state index contributed by atoms with van der Waals surface area (Å²) in [4.78, 5) is 0. The van der Waals surface area contributed by atoms with Crippen LogP contribution >= 0.6 is 0 Å². The molecule has 0 bridgehead atoms. The largest absolute Gasteiger partial charge is 0.0985 e. The Labute approximate surface area is 223 Å². The average molecular weight is 483 g/mol. The molecule has 0 spiro atoms. The van der Waals surface area contributed by atoms with Crippen molar-refractivity contribution in [2.24, 2.45) is 0 Å². The van der Waals surface area contributed by atoms with Gasteiger partial charge in [0.05, 0.1) is 0 Å². The van der Waals surface area contributed by atoms with Gasteiger partial charge in [0.2, 0.25) is 0 Å². The van der Waals surface area contributed by atoms with Crippen LogP contribution in [0.4, 0.5) is 0 Å². The number of hydrogen-bond acceptors (Lipinski definition) is 0. The highest BCUT2D eigenvalue weighted by atomic mass is 14.4. The Hall–Kier alpha value is -3.90. The molecule has 4 aromatic carbocycles. The molecule has 4 aromatic rings. The highest BCUT2D eigenvalue weighted by molar-refractivity contribution is 5.84. The quantitative estimate of drug-likeness (QED) is 0.254. The zero-order valence-corrected chi connectivity index (χ0v) is 23.2. The van der Waals surface area contributed by atoms with Crippen LogP contribution in [0, 0.1) is 13.8 Å². The lowest BCUT2D eigenvalue weighted by Gasteiger charge is -2.22. The summed E-state index contributed by atoms with van der Waals surface area (Å²) in [6, 6.07) is 30.5. The molecule has 0 aliphatic heterocycles. The third-order valence-corrected chi connectivity index (χ3v) is 7.37. The van der Waals surface area contributed by atoms with E-state index in [9.17, 15) is 0 Å². The van der Waals surface area contributed by atoms with Gasteiger partial charge in [0.25, 0.3) is 0 Å². The Morgan fingerprint density at radius 3 is 2.00 bits per heavy atom. The van der Waals surface area contributed by atoms with Crippen LogP contribution in [0.3, 0.4) is 0 Å². The summed E-state index contributed by atoms with van der Waals surface area (Å²) in [6.45, 7) is 21.1. The lowest BCUT2D eigenvalue weighted by molar-refractivity contribution is 0.660. The van der Waals surface area contributed by atoms with E-state index >= 15 is 0 Å². The normalized spacial score (nSPS) is 12.5. The maximum Gasteiger partial charge on any atom is 0.0159 e. The number of benzene rings is 4. The summed E-state index contributed by atoms with van der Waals surface area (Å²) in [5, 5.41) is 0. The van der Waals surface area contributed by atoms with Crippen molar-refractivity contribution in [2.45, 2.75) is 47.0 Å². The van der Waals surface area contributed by atoms with E-state index in [1.54, 1.807) is 0 Å². The third kappa shape index (κ3) is 5.30. The van der Waals surface area contributed by atoms with Crippen molar-refractivity contribution >= 4 is 11.6 Å². The first-order valence-electron chi connectivity index (χ1n) is 13.0. The molecule has 0 nitrogen and oxygen atoms in total. The molecule has 0 N–H and O–H groups in total. The van der Waals surface area contributed by atoms with Crippen molar-refractivity contribution < 1.29 is 0 Å². The summed E-state index contributed by atoms with van der Waals surface area (Å²) in [5.41, 5.74) is 15.6. The van der Waals surface area contributed by atoms with Gasteiger partial charge in [-0.15, -0.1) is 0 Å². The van der Waals surface area contributed by atoms with Gasteiger partial charge in [-0.3, -0.25) is 0 Å². The second-order valence-electron chi connectivity index (χ2n) is 10.8. The van der Waals surface area contributed by atoms with Gasteiger partial charge < -0.3 is 0 Å².